The quantitative estimate of drug-likeness (QED) is 0.723. The first-order valence-electron chi connectivity index (χ1n) is 3.99. The van der Waals surface area contributed by atoms with Crippen LogP contribution in [0.25, 0.3) is 0 Å². The van der Waals surface area contributed by atoms with Crippen molar-refractivity contribution < 1.29 is 8.60 Å². The van der Waals surface area contributed by atoms with Crippen molar-refractivity contribution in [3.63, 3.8) is 0 Å². The van der Waals surface area contributed by atoms with E-state index in [1.54, 1.807) is 19.1 Å². The van der Waals surface area contributed by atoms with E-state index < -0.39 is 15.5 Å². The highest BCUT2D eigenvalue weighted by atomic mass is 32.2. The number of halogens is 1. The zero-order valence-electron chi connectivity index (χ0n) is 7.66. The van der Waals surface area contributed by atoms with Crippen LogP contribution in [0.1, 0.15) is 6.92 Å². The molecule has 72 valence electrons. The molecule has 0 saturated heterocycles. The molecule has 0 bridgehead atoms. The van der Waals surface area contributed by atoms with E-state index in [1.165, 1.54) is 18.4 Å². The maximum Gasteiger partial charge on any atom is 0.149 e. The Hall–Kier alpha value is -0.900. The Morgan fingerprint density at radius 3 is 2.62 bits per heavy atom. The van der Waals surface area contributed by atoms with Gasteiger partial charge in [0, 0.05) is 21.7 Å². The van der Waals surface area contributed by atoms with Crippen LogP contribution in [0, 0.1) is 5.82 Å². The van der Waals surface area contributed by atoms with Gasteiger partial charge in [-0.25, -0.2) is 8.60 Å². The summed E-state index contributed by atoms with van der Waals surface area (Å²) in [5.41, 5.74) is 0.178. The van der Waals surface area contributed by atoms with Gasteiger partial charge < -0.3 is 0 Å². The van der Waals surface area contributed by atoms with Crippen LogP contribution in [0.15, 0.2) is 28.6 Å². The Morgan fingerprint density at radius 2 is 2.08 bits per heavy atom. The van der Waals surface area contributed by atoms with Crippen molar-refractivity contribution in [1.82, 2.24) is 0 Å². The van der Waals surface area contributed by atoms with Gasteiger partial charge in [0.25, 0.3) is 0 Å². The van der Waals surface area contributed by atoms with E-state index in [1.807, 2.05) is 0 Å². The van der Waals surface area contributed by atoms with Crippen molar-refractivity contribution in [1.29, 1.82) is 0 Å². The van der Waals surface area contributed by atoms with Gasteiger partial charge >= 0.3 is 0 Å². The van der Waals surface area contributed by atoms with E-state index in [2.05, 4.69) is 4.36 Å². The molecule has 0 fully saturated rings. The van der Waals surface area contributed by atoms with E-state index in [0.29, 0.717) is 5.75 Å². The minimum Gasteiger partial charge on any atom is -0.250 e. The molecule has 0 saturated carbocycles. The summed E-state index contributed by atoms with van der Waals surface area (Å²) in [4.78, 5) is 0. The molecule has 0 N–H and O–H groups in total. The molecule has 0 radical (unpaired) electrons. The first kappa shape index (κ1) is 10.2. The Labute approximate surface area is 78.0 Å². The van der Waals surface area contributed by atoms with Crippen LogP contribution in [-0.2, 0) is 9.73 Å². The zero-order valence-corrected chi connectivity index (χ0v) is 8.47. The van der Waals surface area contributed by atoms with Crippen molar-refractivity contribution in [2.45, 2.75) is 6.92 Å². The Bertz CT molecular complexity index is 408. The SMILES string of the molecule is CC[S@](C)(=O)=Nc1ccccc1F. The van der Waals surface area contributed by atoms with Crippen LogP contribution in [0.2, 0.25) is 0 Å². The molecular weight excluding hydrogens is 189 g/mol. The zero-order chi connectivity index (χ0) is 9.90. The largest absolute Gasteiger partial charge is 0.250 e. The normalized spacial score (nSPS) is 15.0. The molecule has 0 aliphatic rings. The number of hydrogen-bond acceptors (Lipinski definition) is 2. The van der Waals surface area contributed by atoms with E-state index in [0.717, 1.165) is 0 Å². The minimum atomic E-state index is -2.26. The summed E-state index contributed by atoms with van der Waals surface area (Å²) in [6.45, 7) is 1.77. The summed E-state index contributed by atoms with van der Waals surface area (Å²) in [5.74, 6) is 0.00644. The van der Waals surface area contributed by atoms with Gasteiger partial charge in [-0.1, -0.05) is 19.1 Å². The highest BCUT2D eigenvalue weighted by Gasteiger charge is 2.01. The molecule has 0 heterocycles. The van der Waals surface area contributed by atoms with Crippen LogP contribution < -0.4 is 0 Å². The monoisotopic (exact) mass is 201 g/mol. The van der Waals surface area contributed by atoms with Crippen molar-refractivity contribution in [2.24, 2.45) is 4.36 Å². The van der Waals surface area contributed by atoms with E-state index in [9.17, 15) is 8.60 Å². The van der Waals surface area contributed by atoms with Crippen LogP contribution in [0.5, 0.6) is 0 Å². The third-order valence-electron chi connectivity index (χ3n) is 1.68. The number of nitrogens with zero attached hydrogens (tertiary/aromatic N) is 1. The minimum absolute atomic E-state index is 0.178. The topological polar surface area (TPSA) is 29.4 Å². The van der Waals surface area contributed by atoms with Gasteiger partial charge in [0.05, 0.1) is 0 Å². The van der Waals surface area contributed by atoms with Gasteiger partial charge in [0.1, 0.15) is 11.5 Å². The Balaban J connectivity index is 3.19. The summed E-state index contributed by atoms with van der Waals surface area (Å²) < 4.78 is 28.4. The molecular formula is C9H12FNOS. The molecule has 0 aliphatic heterocycles. The van der Waals surface area contributed by atoms with E-state index in [4.69, 9.17) is 0 Å². The Kier molecular flexibility index (Phi) is 3.03. The average Bonchev–Trinajstić information content (AvgIpc) is 2.09. The van der Waals surface area contributed by atoms with Crippen LogP contribution >= 0.6 is 0 Å². The molecule has 0 aromatic heterocycles. The fraction of sp³-hybridized carbons (Fsp3) is 0.333. The van der Waals surface area contributed by atoms with Gasteiger partial charge in [-0.3, -0.25) is 0 Å². The fourth-order valence-electron chi connectivity index (χ4n) is 0.798. The lowest BCUT2D eigenvalue weighted by atomic mass is 10.3. The molecule has 1 aromatic carbocycles. The predicted octanol–water partition coefficient (Wildman–Crippen LogP) is 2.57. The van der Waals surface area contributed by atoms with Crippen LogP contribution in [0.3, 0.4) is 0 Å². The summed E-state index contributed by atoms with van der Waals surface area (Å²) in [6, 6.07) is 6.09. The standard InChI is InChI=1S/C9H12FNOS/c1-3-13(2,12)11-9-7-5-4-6-8(9)10/h4-7H,3H2,1-2H3/t13-/m0/s1. The summed E-state index contributed by atoms with van der Waals surface area (Å²) >= 11 is 0. The lowest BCUT2D eigenvalue weighted by Gasteiger charge is -2.00. The summed E-state index contributed by atoms with van der Waals surface area (Å²) in [7, 11) is -2.26. The second kappa shape index (κ2) is 3.87. The smallest absolute Gasteiger partial charge is 0.149 e. The molecule has 0 aliphatic carbocycles. The lowest BCUT2D eigenvalue weighted by Crippen LogP contribution is -1.98. The summed E-state index contributed by atoms with van der Waals surface area (Å²) in [6.07, 6.45) is 1.53. The third-order valence-corrected chi connectivity index (χ3v) is 3.33. The molecule has 0 amide bonds. The maximum atomic E-state index is 13.0. The van der Waals surface area contributed by atoms with Gasteiger partial charge in [-0.2, -0.15) is 4.36 Å². The first-order valence-corrected chi connectivity index (χ1v) is 6.09. The molecule has 1 aromatic rings. The fourth-order valence-corrected chi connectivity index (χ4v) is 1.49. The van der Waals surface area contributed by atoms with Crippen molar-refractivity contribution >= 4 is 15.4 Å². The lowest BCUT2D eigenvalue weighted by molar-refractivity contribution is 0.629. The third kappa shape index (κ3) is 2.81. The van der Waals surface area contributed by atoms with Crippen LogP contribution in [-0.4, -0.2) is 16.2 Å². The highest BCUT2D eigenvalue weighted by molar-refractivity contribution is 7.93. The average molecular weight is 201 g/mol. The highest BCUT2D eigenvalue weighted by Crippen LogP contribution is 2.18. The van der Waals surface area contributed by atoms with E-state index >= 15 is 0 Å². The van der Waals surface area contributed by atoms with Gasteiger partial charge in [0.15, 0.2) is 0 Å². The predicted molar refractivity (Wildman–Crippen MR) is 53.1 cm³/mol. The van der Waals surface area contributed by atoms with Crippen molar-refractivity contribution in [3.05, 3.63) is 30.1 Å². The molecule has 13 heavy (non-hydrogen) atoms. The van der Waals surface area contributed by atoms with Crippen molar-refractivity contribution in [3.8, 4) is 0 Å². The number of benzene rings is 1. The molecule has 0 spiro atoms. The number of hydrogen-bond donors (Lipinski definition) is 0. The molecule has 2 nitrogen and oxygen atoms in total. The first-order chi connectivity index (χ1) is 6.05. The summed E-state index contributed by atoms with van der Waals surface area (Å²) in [5, 5.41) is 0. The van der Waals surface area contributed by atoms with Gasteiger partial charge in [-0.15, -0.1) is 0 Å². The van der Waals surface area contributed by atoms with Gasteiger partial charge in [0.2, 0.25) is 0 Å². The Morgan fingerprint density at radius 1 is 1.46 bits per heavy atom. The van der Waals surface area contributed by atoms with Crippen LogP contribution in [0.4, 0.5) is 10.1 Å². The molecule has 4 heteroatoms. The van der Waals surface area contributed by atoms with E-state index in [-0.39, 0.29) is 5.69 Å². The molecule has 1 rings (SSSR count). The van der Waals surface area contributed by atoms with Crippen molar-refractivity contribution in [2.75, 3.05) is 12.0 Å². The number of rotatable bonds is 2. The van der Waals surface area contributed by atoms with Gasteiger partial charge in [-0.05, 0) is 12.1 Å². The second-order valence-electron chi connectivity index (χ2n) is 2.79. The maximum absolute atomic E-state index is 13.0. The molecule has 1 atom stereocenters. The molecule has 0 unspecified atom stereocenters. The second-order valence-corrected chi connectivity index (χ2v) is 5.47.